The average molecular weight is 289 g/mol. The predicted octanol–water partition coefficient (Wildman–Crippen LogP) is 1.27. The van der Waals surface area contributed by atoms with E-state index >= 15 is 0 Å². The number of rotatable bonds is 3. The van der Waals surface area contributed by atoms with E-state index in [0.717, 1.165) is 16.9 Å². The highest BCUT2D eigenvalue weighted by Gasteiger charge is 2.35. The molecule has 2 N–H and O–H groups in total. The van der Waals surface area contributed by atoms with Crippen LogP contribution in [0, 0.1) is 0 Å². The zero-order valence-electron chi connectivity index (χ0n) is 12.0. The van der Waals surface area contributed by atoms with E-state index in [4.69, 9.17) is 10.5 Å². The van der Waals surface area contributed by atoms with Crippen molar-refractivity contribution in [3.05, 3.63) is 23.8 Å². The topological polar surface area (TPSA) is 75.9 Å². The second-order valence-corrected chi connectivity index (χ2v) is 5.27. The van der Waals surface area contributed by atoms with E-state index in [2.05, 4.69) is 0 Å². The van der Waals surface area contributed by atoms with Gasteiger partial charge in [0, 0.05) is 19.5 Å². The highest BCUT2D eigenvalue weighted by molar-refractivity contribution is 6.03. The van der Waals surface area contributed by atoms with Crippen LogP contribution in [0.25, 0.3) is 0 Å². The van der Waals surface area contributed by atoms with Gasteiger partial charge in [-0.3, -0.25) is 9.69 Å². The molecule has 3 rings (SSSR count). The Balaban J connectivity index is 2.04. The summed E-state index contributed by atoms with van der Waals surface area (Å²) >= 11 is 0. The van der Waals surface area contributed by atoms with Crippen LogP contribution in [0.1, 0.15) is 18.9 Å². The van der Waals surface area contributed by atoms with Gasteiger partial charge in [0.05, 0.1) is 17.9 Å². The van der Waals surface area contributed by atoms with Gasteiger partial charge in [-0.2, -0.15) is 0 Å². The SMILES string of the molecule is CCN1C(=O)CCc2cccc(N3C[C@H](CN)OC3=O)c21. The fourth-order valence-electron chi connectivity index (χ4n) is 2.99. The minimum atomic E-state index is -0.395. The Bertz CT molecular complexity index is 588. The maximum Gasteiger partial charge on any atom is 0.414 e. The van der Waals surface area contributed by atoms with Crippen molar-refractivity contribution >= 4 is 23.4 Å². The Kier molecular flexibility index (Phi) is 3.55. The van der Waals surface area contributed by atoms with Crippen LogP contribution in [0.3, 0.4) is 0 Å². The first kappa shape index (κ1) is 13.9. The lowest BCUT2D eigenvalue weighted by atomic mass is 9.99. The molecule has 2 aliphatic heterocycles. The first-order chi connectivity index (χ1) is 10.2. The van der Waals surface area contributed by atoms with Crippen molar-refractivity contribution in [2.45, 2.75) is 25.9 Å². The van der Waals surface area contributed by atoms with Crippen LogP contribution in [0.4, 0.5) is 16.2 Å². The standard InChI is InChI=1S/C15H19N3O3/c1-2-17-13(19)7-6-10-4-3-5-12(14(10)17)18-9-11(8-16)21-15(18)20/h3-5,11H,2,6-9,16H2,1H3/t11-/m0/s1. The lowest BCUT2D eigenvalue weighted by Crippen LogP contribution is -2.37. The Labute approximate surface area is 123 Å². The summed E-state index contributed by atoms with van der Waals surface area (Å²) in [5.74, 6) is 0.0976. The van der Waals surface area contributed by atoms with E-state index in [-0.39, 0.29) is 12.0 Å². The number of nitrogens with two attached hydrogens (primary N) is 1. The van der Waals surface area contributed by atoms with Gasteiger partial charge in [-0.1, -0.05) is 12.1 Å². The molecule has 1 saturated heterocycles. The molecule has 0 radical (unpaired) electrons. The molecule has 0 unspecified atom stereocenters. The van der Waals surface area contributed by atoms with Crippen LogP contribution >= 0.6 is 0 Å². The van der Waals surface area contributed by atoms with Crippen LogP contribution in [-0.2, 0) is 16.0 Å². The van der Waals surface area contributed by atoms with E-state index in [1.165, 1.54) is 0 Å². The van der Waals surface area contributed by atoms with Gasteiger partial charge in [0.15, 0.2) is 0 Å². The minimum absolute atomic E-state index is 0.0976. The molecule has 1 aromatic rings. The number of anilines is 2. The number of aryl methyl sites for hydroxylation is 1. The van der Waals surface area contributed by atoms with Gasteiger partial charge in [-0.15, -0.1) is 0 Å². The summed E-state index contributed by atoms with van der Waals surface area (Å²) in [5.41, 5.74) is 8.25. The van der Waals surface area contributed by atoms with Crippen molar-refractivity contribution in [2.75, 3.05) is 29.4 Å². The van der Waals surface area contributed by atoms with Crippen molar-refractivity contribution in [1.29, 1.82) is 0 Å². The molecule has 0 saturated carbocycles. The van der Waals surface area contributed by atoms with Crippen LogP contribution in [-0.4, -0.2) is 37.7 Å². The highest BCUT2D eigenvalue weighted by Crippen LogP contribution is 2.38. The molecule has 0 aliphatic carbocycles. The Hall–Kier alpha value is -2.08. The molecule has 112 valence electrons. The van der Waals surface area contributed by atoms with Gasteiger partial charge in [0.1, 0.15) is 6.10 Å². The molecule has 6 heteroatoms. The van der Waals surface area contributed by atoms with E-state index in [0.29, 0.717) is 32.5 Å². The Morgan fingerprint density at radius 1 is 1.33 bits per heavy atom. The number of benzene rings is 1. The fourth-order valence-corrected chi connectivity index (χ4v) is 2.99. The third kappa shape index (κ3) is 2.25. The highest BCUT2D eigenvalue weighted by atomic mass is 16.6. The molecule has 1 atom stereocenters. The van der Waals surface area contributed by atoms with Gasteiger partial charge < -0.3 is 15.4 Å². The number of hydrogen-bond donors (Lipinski definition) is 1. The van der Waals surface area contributed by atoms with E-state index in [9.17, 15) is 9.59 Å². The van der Waals surface area contributed by atoms with Crippen LogP contribution < -0.4 is 15.5 Å². The second-order valence-electron chi connectivity index (χ2n) is 5.27. The maximum atomic E-state index is 12.1. The Morgan fingerprint density at radius 2 is 2.14 bits per heavy atom. The fraction of sp³-hybridized carbons (Fsp3) is 0.467. The number of nitrogens with zero attached hydrogens (tertiary/aromatic N) is 2. The molecule has 21 heavy (non-hydrogen) atoms. The largest absolute Gasteiger partial charge is 0.443 e. The van der Waals surface area contributed by atoms with Gasteiger partial charge >= 0.3 is 6.09 Å². The number of ether oxygens (including phenoxy) is 1. The van der Waals surface area contributed by atoms with Crippen molar-refractivity contribution < 1.29 is 14.3 Å². The molecule has 2 heterocycles. The predicted molar refractivity (Wildman–Crippen MR) is 79.5 cm³/mol. The smallest absolute Gasteiger partial charge is 0.414 e. The molecule has 1 fully saturated rings. The molecular formula is C15H19N3O3. The number of cyclic esters (lactones) is 1. The number of carbonyl (C=O) groups is 2. The number of carbonyl (C=O) groups excluding carboxylic acids is 2. The average Bonchev–Trinajstić information content (AvgIpc) is 2.87. The van der Waals surface area contributed by atoms with Crippen molar-refractivity contribution in [2.24, 2.45) is 5.73 Å². The molecule has 2 aliphatic rings. The zero-order chi connectivity index (χ0) is 15.0. The van der Waals surface area contributed by atoms with Gasteiger partial charge in [-0.25, -0.2) is 4.79 Å². The molecule has 6 nitrogen and oxygen atoms in total. The minimum Gasteiger partial charge on any atom is -0.443 e. The summed E-state index contributed by atoms with van der Waals surface area (Å²) in [6, 6.07) is 5.79. The Morgan fingerprint density at radius 3 is 2.81 bits per heavy atom. The first-order valence-electron chi connectivity index (χ1n) is 7.26. The van der Waals surface area contributed by atoms with Crippen LogP contribution in [0.15, 0.2) is 18.2 Å². The lowest BCUT2D eigenvalue weighted by Gasteiger charge is -2.32. The third-order valence-corrected chi connectivity index (χ3v) is 4.02. The molecule has 0 spiro atoms. The third-order valence-electron chi connectivity index (χ3n) is 4.02. The quantitative estimate of drug-likeness (QED) is 0.909. The molecule has 0 aromatic heterocycles. The van der Waals surface area contributed by atoms with Crippen LogP contribution in [0.2, 0.25) is 0 Å². The van der Waals surface area contributed by atoms with E-state index in [1.54, 1.807) is 9.80 Å². The number of para-hydroxylation sites is 1. The molecule has 1 aromatic carbocycles. The maximum absolute atomic E-state index is 12.1. The van der Waals surface area contributed by atoms with Crippen LogP contribution in [0.5, 0.6) is 0 Å². The van der Waals surface area contributed by atoms with E-state index in [1.807, 2.05) is 25.1 Å². The molecule has 2 amide bonds. The summed E-state index contributed by atoms with van der Waals surface area (Å²) in [4.78, 5) is 27.5. The lowest BCUT2D eigenvalue weighted by molar-refractivity contribution is -0.118. The molecule has 0 bridgehead atoms. The summed E-state index contributed by atoms with van der Waals surface area (Å²) < 4.78 is 5.22. The zero-order valence-corrected chi connectivity index (χ0v) is 12.0. The normalized spacial score (nSPS) is 21.5. The van der Waals surface area contributed by atoms with Crippen molar-refractivity contribution in [1.82, 2.24) is 0 Å². The number of fused-ring (bicyclic) bond motifs is 1. The first-order valence-corrected chi connectivity index (χ1v) is 7.26. The van der Waals surface area contributed by atoms with Gasteiger partial charge in [0.25, 0.3) is 0 Å². The monoisotopic (exact) mass is 289 g/mol. The number of amides is 2. The summed E-state index contributed by atoms with van der Waals surface area (Å²) in [6.45, 7) is 3.26. The van der Waals surface area contributed by atoms with E-state index < -0.39 is 6.09 Å². The van der Waals surface area contributed by atoms with Gasteiger partial charge in [0.2, 0.25) is 5.91 Å². The van der Waals surface area contributed by atoms with Crippen molar-refractivity contribution in [3.8, 4) is 0 Å². The summed E-state index contributed by atoms with van der Waals surface area (Å²) in [5, 5.41) is 0. The van der Waals surface area contributed by atoms with Crippen molar-refractivity contribution in [3.63, 3.8) is 0 Å². The second kappa shape index (κ2) is 5.37. The number of hydrogen-bond acceptors (Lipinski definition) is 4. The molecular weight excluding hydrogens is 270 g/mol. The summed E-state index contributed by atoms with van der Waals surface area (Å²) in [7, 11) is 0. The van der Waals surface area contributed by atoms with Gasteiger partial charge in [-0.05, 0) is 25.0 Å². The summed E-state index contributed by atoms with van der Waals surface area (Å²) in [6.07, 6.45) is 0.540.